The largest absolute Gasteiger partial charge is 0.294 e. The van der Waals surface area contributed by atoms with Gasteiger partial charge in [-0.05, 0) is 31.0 Å². The zero-order chi connectivity index (χ0) is 9.35. The zero-order valence-corrected chi connectivity index (χ0v) is 10.7. The first-order chi connectivity index (χ1) is 5.43. The standard InChI is InChI=1S/C8H10O3S.Na/c1-6-4-3-5-8(7(6)2)12(9,10)11;/h3-5H,1-2H3,(H,9,10,11);. The van der Waals surface area contributed by atoms with Crippen molar-refractivity contribution in [3.63, 3.8) is 0 Å². The monoisotopic (exact) mass is 209 g/mol. The predicted molar refractivity (Wildman–Crippen MR) is 51.5 cm³/mol. The van der Waals surface area contributed by atoms with E-state index in [9.17, 15) is 8.42 Å². The van der Waals surface area contributed by atoms with Crippen molar-refractivity contribution < 1.29 is 13.0 Å². The van der Waals surface area contributed by atoms with E-state index in [0.717, 1.165) is 5.56 Å². The number of aryl methyl sites for hydroxylation is 1. The second-order valence-electron chi connectivity index (χ2n) is 2.67. The fraction of sp³-hybridized carbons (Fsp3) is 0.250. The van der Waals surface area contributed by atoms with Gasteiger partial charge in [0.15, 0.2) is 0 Å². The van der Waals surface area contributed by atoms with Crippen LogP contribution in [0.2, 0.25) is 0 Å². The zero-order valence-electron chi connectivity index (χ0n) is 7.90. The quantitative estimate of drug-likeness (QED) is 0.558. The van der Waals surface area contributed by atoms with Crippen LogP contribution in [0.3, 0.4) is 0 Å². The molecule has 0 aliphatic heterocycles. The molecule has 3 nitrogen and oxygen atoms in total. The van der Waals surface area contributed by atoms with Crippen LogP contribution in [0.4, 0.5) is 0 Å². The van der Waals surface area contributed by atoms with Gasteiger partial charge < -0.3 is 0 Å². The van der Waals surface area contributed by atoms with Crippen LogP contribution in [0.1, 0.15) is 11.1 Å². The summed E-state index contributed by atoms with van der Waals surface area (Å²) >= 11 is 0. The van der Waals surface area contributed by atoms with Crippen molar-refractivity contribution >= 4 is 39.7 Å². The second-order valence-corrected chi connectivity index (χ2v) is 4.06. The molecule has 0 unspecified atom stereocenters. The third-order valence-electron chi connectivity index (χ3n) is 1.83. The van der Waals surface area contributed by atoms with Crippen LogP contribution in [-0.4, -0.2) is 42.5 Å². The second kappa shape index (κ2) is 4.57. The third-order valence-corrected chi connectivity index (χ3v) is 2.83. The van der Waals surface area contributed by atoms with E-state index in [1.165, 1.54) is 6.07 Å². The molecular formula is C8H10NaO3S. The Morgan fingerprint density at radius 3 is 2.15 bits per heavy atom. The molecule has 5 heteroatoms. The molecule has 0 bridgehead atoms. The fourth-order valence-corrected chi connectivity index (χ4v) is 1.80. The van der Waals surface area contributed by atoms with Gasteiger partial charge in [-0.1, -0.05) is 12.1 Å². The van der Waals surface area contributed by atoms with Crippen molar-refractivity contribution in [3.05, 3.63) is 29.3 Å². The molecule has 1 N–H and O–H groups in total. The van der Waals surface area contributed by atoms with Crippen molar-refractivity contribution in [2.75, 3.05) is 0 Å². The van der Waals surface area contributed by atoms with Gasteiger partial charge in [-0.15, -0.1) is 0 Å². The number of hydrogen-bond acceptors (Lipinski definition) is 2. The van der Waals surface area contributed by atoms with Gasteiger partial charge in [0.2, 0.25) is 0 Å². The van der Waals surface area contributed by atoms with Crippen LogP contribution in [0.5, 0.6) is 0 Å². The normalized spacial score (nSPS) is 10.7. The van der Waals surface area contributed by atoms with E-state index in [-0.39, 0.29) is 34.5 Å². The molecule has 0 atom stereocenters. The molecule has 67 valence electrons. The molecule has 0 heterocycles. The van der Waals surface area contributed by atoms with Crippen LogP contribution in [0.25, 0.3) is 0 Å². The van der Waals surface area contributed by atoms with E-state index < -0.39 is 10.1 Å². The van der Waals surface area contributed by atoms with Crippen LogP contribution in [0, 0.1) is 13.8 Å². The summed E-state index contributed by atoms with van der Waals surface area (Å²) in [4.78, 5) is -0.0116. The Bertz CT molecular complexity index is 398. The van der Waals surface area contributed by atoms with Gasteiger partial charge in [0.05, 0.1) is 4.90 Å². The Morgan fingerprint density at radius 1 is 1.23 bits per heavy atom. The molecule has 1 radical (unpaired) electrons. The Kier molecular flexibility index (Phi) is 4.62. The minimum absolute atomic E-state index is 0. The van der Waals surface area contributed by atoms with E-state index in [1.54, 1.807) is 26.0 Å². The van der Waals surface area contributed by atoms with E-state index in [2.05, 4.69) is 0 Å². The maximum atomic E-state index is 10.8. The SMILES string of the molecule is Cc1cccc(S(=O)(=O)O)c1C.[Na]. The van der Waals surface area contributed by atoms with Crippen molar-refractivity contribution in [2.45, 2.75) is 18.7 Å². The summed E-state index contributed by atoms with van der Waals surface area (Å²) in [6, 6.07) is 4.78. The smallest absolute Gasteiger partial charge is 0.282 e. The summed E-state index contributed by atoms with van der Waals surface area (Å²) < 4.78 is 30.3. The van der Waals surface area contributed by atoms with Gasteiger partial charge in [-0.25, -0.2) is 0 Å². The first kappa shape index (κ1) is 13.1. The molecule has 1 aromatic rings. The topological polar surface area (TPSA) is 54.4 Å². The predicted octanol–water partition coefficient (Wildman–Crippen LogP) is 1.17. The van der Waals surface area contributed by atoms with Crippen molar-refractivity contribution in [3.8, 4) is 0 Å². The van der Waals surface area contributed by atoms with Gasteiger partial charge in [0, 0.05) is 29.6 Å². The van der Waals surface area contributed by atoms with Crippen LogP contribution < -0.4 is 0 Å². The molecule has 1 rings (SSSR count). The molecule has 0 fully saturated rings. The summed E-state index contributed by atoms with van der Waals surface area (Å²) in [5, 5.41) is 0. The van der Waals surface area contributed by atoms with E-state index >= 15 is 0 Å². The van der Waals surface area contributed by atoms with E-state index in [4.69, 9.17) is 4.55 Å². The Balaban J connectivity index is 0.00000144. The maximum absolute atomic E-state index is 10.8. The van der Waals surface area contributed by atoms with Crippen molar-refractivity contribution in [1.82, 2.24) is 0 Å². The molecule has 13 heavy (non-hydrogen) atoms. The van der Waals surface area contributed by atoms with E-state index in [1.807, 2.05) is 0 Å². The molecule has 0 aliphatic rings. The number of hydrogen-bond donors (Lipinski definition) is 1. The van der Waals surface area contributed by atoms with Crippen LogP contribution in [0.15, 0.2) is 23.1 Å². The van der Waals surface area contributed by atoms with Gasteiger partial charge >= 0.3 is 0 Å². The fourth-order valence-electron chi connectivity index (χ4n) is 1.00. The van der Waals surface area contributed by atoms with E-state index in [0.29, 0.717) is 5.56 Å². The van der Waals surface area contributed by atoms with Gasteiger partial charge in [-0.2, -0.15) is 8.42 Å². The third kappa shape index (κ3) is 3.07. The van der Waals surface area contributed by atoms with Gasteiger partial charge in [0.25, 0.3) is 10.1 Å². The van der Waals surface area contributed by atoms with Crippen molar-refractivity contribution in [2.24, 2.45) is 0 Å². The minimum Gasteiger partial charge on any atom is -0.282 e. The summed E-state index contributed by atoms with van der Waals surface area (Å²) in [6.07, 6.45) is 0. The molecule has 0 spiro atoms. The summed E-state index contributed by atoms with van der Waals surface area (Å²) in [6.45, 7) is 3.46. The Morgan fingerprint density at radius 2 is 1.77 bits per heavy atom. The molecule has 0 saturated carbocycles. The molecule has 0 aromatic heterocycles. The first-order valence-electron chi connectivity index (χ1n) is 3.46. The van der Waals surface area contributed by atoms with Crippen LogP contribution in [-0.2, 0) is 10.1 Å². The number of benzene rings is 1. The Labute approximate surface area is 100 Å². The summed E-state index contributed by atoms with van der Waals surface area (Å²) in [5.74, 6) is 0. The van der Waals surface area contributed by atoms with Crippen molar-refractivity contribution in [1.29, 1.82) is 0 Å². The summed E-state index contributed by atoms with van der Waals surface area (Å²) in [5.41, 5.74) is 1.45. The molecule has 1 aromatic carbocycles. The molecule has 0 saturated heterocycles. The van der Waals surface area contributed by atoms with Gasteiger partial charge in [-0.3, -0.25) is 4.55 Å². The maximum Gasteiger partial charge on any atom is 0.294 e. The Hall–Kier alpha value is 0.130. The average Bonchev–Trinajstić information content (AvgIpc) is 1.92. The minimum atomic E-state index is -4.06. The number of rotatable bonds is 1. The molecular weight excluding hydrogens is 199 g/mol. The first-order valence-corrected chi connectivity index (χ1v) is 4.90. The average molecular weight is 209 g/mol. The molecule has 0 amide bonds. The molecule has 0 aliphatic carbocycles. The van der Waals surface area contributed by atoms with Gasteiger partial charge in [0.1, 0.15) is 0 Å². The van der Waals surface area contributed by atoms with Crippen LogP contribution >= 0.6 is 0 Å². The summed E-state index contributed by atoms with van der Waals surface area (Å²) in [7, 11) is -4.06.